The van der Waals surface area contributed by atoms with E-state index in [2.05, 4.69) is 56.5 Å². The van der Waals surface area contributed by atoms with E-state index in [4.69, 9.17) is 0 Å². The van der Waals surface area contributed by atoms with Gasteiger partial charge in [-0.3, -0.25) is 4.90 Å². The third-order valence-corrected chi connectivity index (χ3v) is 4.17. The summed E-state index contributed by atoms with van der Waals surface area (Å²) in [5, 5.41) is 0. The molecule has 0 amide bonds. The highest BCUT2D eigenvalue weighted by Gasteiger charge is 2.18. The van der Waals surface area contributed by atoms with Crippen molar-refractivity contribution in [3.05, 3.63) is 83.7 Å². The first-order valence-corrected chi connectivity index (χ1v) is 7.99. The highest BCUT2D eigenvalue weighted by molar-refractivity contribution is 5.28. The largest absolute Gasteiger partial charge is 0.292 e. The van der Waals surface area contributed by atoms with Crippen LogP contribution < -0.4 is 0 Å². The highest BCUT2D eigenvalue weighted by Crippen LogP contribution is 2.26. The third-order valence-electron chi connectivity index (χ3n) is 4.17. The molecule has 0 fully saturated rings. The Morgan fingerprint density at radius 3 is 2.22 bits per heavy atom. The molecule has 1 atom stereocenters. The zero-order valence-electron chi connectivity index (χ0n) is 14.5. The van der Waals surface area contributed by atoms with Crippen molar-refractivity contribution in [2.24, 2.45) is 0 Å². The molecule has 0 aliphatic carbocycles. The molecule has 0 radical (unpaired) electrons. The Morgan fingerprint density at radius 2 is 1.70 bits per heavy atom. The molecule has 122 valence electrons. The smallest absolute Gasteiger partial charge is 0.128 e. The molecule has 0 spiro atoms. The van der Waals surface area contributed by atoms with Gasteiger partial charge in [0, 0.05) is 12.1 Å². The molecule has 2 heteroatoms. The average molecular weight is 311 g/mol. The van der Waals surface area contributed by atoms with E-state index < -0.39 is 0 Å². The second-order valence-electron chi connectivity index (χ2n) is 7.06. The summed E-state index contributed by atoms with van der Waals surface area (Å²) in [5.74, 6) is -0.188. The topological polar surface area (TPSA) is 3.24 Å². The van der Waals surface area contributed by atoms with Crippen LogP contribution in [-0.4, -0.2) is 11.9 Å². The van der Waals surface area contributed by atoms with Crippen molar-refractivity contribution in [3.8, 4) is 0 Å². The van der Waals surface area contributed by atoms with Gasteiger partial charge in [0.15, 0.2) is 0 Å². The van der Waals surface area contributed by atoms with E-state index in [0.29, 0.717) is 5.56 Å². The maximum Gasteiger partial charge on any atom is 0.128 e. The van der Waals surface area contributed by atoms with Crippen LogP contribution in [0.3, 0.4) is 0 Å². The van der Waals surface area contributed by atoms with Gasteiger partial charge in [-0.05, 0) is 29.7 Å². The lowest BCUT2D eigenvalue weighted by Gasteiger charge is -2.26. The van der Waals surface area contributed by atoms with Gasteiger partial charge < -0.3 is 0 Å². The summed E-state index contributed by atoms with van der Waals surface area (Å²) < 4.78 is 14.0. The van der Waals surface area contributed by atoms with Gasteiger partial charge in [-0.15, -0.1) is 6.58 Å². The summed E-state index contributed by atoms with van der Waals surface area (Å²) in [4.78, 5) is 2.11. The molecule has 0 aliphatic rings. The molecule has 2 aromatic carbocycles. The Kier molecular flexibility index (Phi) is 5.38. The van der Waals surface area contributed by atoms with Crippen molar-refractivity contribution in [1.29, 1.82) is 0 Å². The van der Waals surface area contributed by atoms with Gasteiger partial charge in [0.25, 0.3) is 0 Å². The summed E-state index contributed by atoms with van der Waals surface area (Å²) in [5.41, 5.74) is 3.35. The van der Waals surface area contributed by atoms with E-state index in [1.807, 2.05) is 19.2 Å². The van der Waals surface area contributed by atoms with Crippen molar-refractivity contribution in [3.63, 3.8) is 0 Å². The zero-order chi connectivity index (χ0) is 17.0. The molecule has 0 bridgehead atoms. The quantitative estimate of drug-likeness (QED) is 0.661. The molecule has 2 rings (SSSR count). The second-order valence-corrected chi connectivity index (χ2v) is 7.06. The number of halogens is 1. The Balaban J connectivity index is 2.15. The van der Waals surface area contributed by atoms with E-state index in [0.717, 1.165) is 6.54 Å². The Bertz CT molecular complexity index is 652. The maximum absolute atomic E-state index is 14.0. The van der Waals surface area contributed by atoms with Crippen LogP contribution in [0, 0.1) is 5.82 Å². The molecule has 0 N–H and O–H groups in total. The van der Waals surface area contributed by atoms with Crippen molar-refractivity contribution in [1.82, 2.24) is 4.90 Å². The number of rotatable bonds is 5. The third kappa shape index (κ3) is 4.29. The molecule has 0 aromatic heterocycles. The fraction of sp³-hybridized carbons (Fsp3) is 0.333. The van der Waals surface area contributed by atoms with Gasteiger partial charge in [-0.1, -0.05) is 69.3 Å². The first-order chi connectivity index (χ1) is 10.8. The molecule has 0 aliphatic heterocycles. The predicted molar refractivity (Wildman–Crippen MR) is 95.9 cm³/mol. The number of benzene rings is 2. The van der Waals surface area contributed by atoms with Gasteiger partial charge in [-0.25, -0.2) is 4.39 Å². The van der Waals surface area contributed by atoms with Crippen LogP contribution in [0.25, 0.3) is 0 Å². The number of likely N-dealkylation sites (N-methyl/N-ethyl adjacent to an activating group) is 1. The minimum absolute atomic E-state index is 0.140. The van der Waals surface area contributed by atoms with E-state index >= 15 is 0 Å². The van der Waals surface area contributed by atoms with Gasteiger partial charge >= 0.3 is 0 Å². The lowest BCUT2D eigenvalue weighted by atomic mass is 9.86. The highest BCUT2D eigenvalue weighted by atomic mass is 19.1. The minimum Gasteiger partial charge on any atom is -0.292 e. The fourth-order valence-electron chi connectivity index (χ4n) is 2.76. The predicted octanol–water partition coefficient (Wildman–Crippen LogP) is 5.48. The summed E-state index contributed by atoms with van der Waals surface area (Å²) in [7, 11) is 2.00. The van der Waals surface area contributed by atoms with E-state index in [1.165, 1.54) is 17.2 Å². The Labute approximate surface area is 139 Å². The van der Waals surface area contributed by atoms with Gasteiger partial charge in [0.1, 0.15) is 5.82 Å². The van der Waals surface area contributed by atoms with Crippen LogP contribution in [-0.2, 0) is 12.0 Å². The average Bonchev–Trinajstić information content (AvgIpc) is 2.49. The van der Waals surface area contributed by atoms with Crippen LogP contribution in [0.1, 0.15) is 43.5 Å². The molecule has 1 unspecified atom stereocenters. The first kappa shape index (κ1) is 17.4. The van der Waals surface area contributed by atoms with Gasteiger partial charge in [0.2, 0.25) is 0 Å². The summed E-state index contributed by atoms with van der Waals surface area (Å²) in [6.07, 6.45) is 1.79. The van der Waals surface area contributed by atoms with Crippen LogP contribution in [0.2, 0.25) is 0 Å². The molecule has 0 saturated carbocycles. The SMILES string of the molecule is C=CC(c1ccccc1F)N(C)Cc1ccc(C(C)(C)C)cc1. The standard InChI is InChI=1S/C21H26FN/c1-6-20(18-9-7-8-10-19(18)22)23(5)15-16-11-13-17(14-12-16)21(2,3)4/h6-14,20H,1,15H2,2-5H3. The van der Waals surface area contributed by atoms with Crippen molar-refractivity contribution in [2.45, 2.75) is 38.8 Å². The monoisotopic (exact) mass is 311 g/mol. The van der Waals surface area contributed by atoms with Crippen molar-refractivity contribution in [2.75, 3.05) is 7.05 Å². The number of hydrogen-bond donors (Lipinski definition) is 0. The summed E-state index contributed by atoms with van der Waals surface area (Å²) in [6, 6.07) is 15.4. The number of hydrogen-bond acceptors (Lipinski definition) is 1. The maximum atomic E-state index is 14.0. The van der Waals surface area contributed by atoms with Crippen LogP contribution in [0.4, 0.5) is 4.39 Å². The van der Waals surface area contributed by atoms with Crippen molar-refractivity contribution >= 4 is 0 Å². The second kappa shape index (κ2) is 7.10. The lowest BCUT2D eigenvalue weighted by Crippen LogP contribution is -2.23. The van der Waals surface area contributed by atoms with E-state index in [-0.39, 0.29) is 17.3 Å². The van der Waals surface area contributed by atoms with E-state index in [1.54, 1.807) is 12.1 Å². The summed E-state index contributed by atoms with van der Waals surface area (Å²) >= 11 is 0. The first-order valence-electron chi connectivity index (χ1n) is 7.99. The Morgan fingerprint density at radius 1 is 1.09 bits per heavy atom. The van der Waals surface area contributed by atoms with Crippen LogP contribution in [0.5, 0.6) is 0 Å². The van der Waals surface area contributed by atoms with Crippen molar-refractivity contribution < 1.29 is 4.39 Å². The summed E-state index contributed by atoms with van der Waals surface area (Å²) in [6.45, 7) is 11.2. The fourth-order valence-corrected chi connectivity index (χ4v) is 2.76. The van der Waals surface area contributed by atoms with Gasteiger partial charge in [-0.2, -0.15) is 0 Å². The molecular weight excluding hydrogens is 285 g/mol. The van der Waals surface area contributed by atoms with Gasteiger partial charge in [0.05, 0.1) is 6.04 Å². The molecule has 2 aromatic rings. The molecule has 23 heavy (non-hydrogen) atoms. The molecular formula is C21H26FN. The zero-order valence-corrected chi connectivity index (χ0v) is 14.5. The lowest BCUT2D eigenvalue weighted by molar-refractivity contribution is 0.272. The van der Waals surface area contributed by atoms with Crippen LogP contribution >= 0.6 is 0 Å². The van der Waals surface area contributed by atoms with Crippen LogP contribution in [0.15, 0.2) is 61.2 Å². The number of nitrogens with zero attached hydrogens (tertiary/aromatic N) is 1. The van der Waals surface area contributed by atoms with E-state index in [9.17, 15) is 4.39 Å². The minimum atomic E-state index is -0.188. The Hall–Kier alpha value is -1.93. The molecule has 0 saturated heterocycles. The normalized spacial score (nSPS) is 13.1. The molecule has 0 heterocycles. The molecule has 1 nitrogen and oxygen atoms in total.